The topological polar surface area (TPSA) is 59.3 Å². The number of carbonyl (C=O) groups is 2. The average molecular weight is 335 g/mol. The number of hydrogen-bond donors (Lipinski definition) is 1. The second kappa shape index (κ2) is 14.5. The van der Waals surface area contributed by atoms with E-state index in [0.29, 0.717) is 12.8 Å². The van der Waals surface area contributed by atoms with Gasteiger partial charge in [-0.05, 0) is 25.3 Å². The molecule has 2 amide bonds. The average Bonchev–Trinajstić information content (AvgIpc) is 2.99. The Balaban J connectivity index is 0. The molecule has 1 atom stereocenters. The fraction of sp³-hybridized carbons (Fsp3) is 0.500. The number of hydrogen-bond acceptors (Lipinski definition) is 3. The molecule has 0 saturated carbocycles. The first-order chi connectivity index (χ1) is 11.5. The second-order valence-electron chi connectivity index (χ2n) is 4.55. The second-order valence-corrected chi connectivity index (χ2v) is 4.55. The van der Waals surface area contributed by atoms with E-state index in [4.69, 9.17) is 4.42 Å². The van der Waals surface area contributed by atoms with Gasteiger partial charge >= 0.3 is 0 Å². The lowest BCUT2D eigenvalue weighted by molar-refractivity contribution is -0.134. The Kier molecular flexibility index (Phi) is 14.6. The summed E-state index contributed by atoms with van der Waals surface area (Å²) in [5.74, 6) is 0.249. The van der Waals surface area contributed by atoms with Crippen LogP contribution in [-0.4, -0.2) is 11.8 Å². The standard InChI is InChI=1S/C12H15NO3.C4H6.2C2H6/c1-3-8-7(2)16-6-10(8)9-4-5-11(14)13-12(9)15;1-3-4-2;2*1-2/h6,9H,3-5H2,1-2H3,(H,13,14,15);3-4H,1-2H2;2*1-2H3. The van der Waals surface area contributed by atoms with E-state index in [0.717, 1.165) is 23.3 Å². The fourth-order valence-electron chi connectivity index (χ4n) is 2.23. The number of allylic oxidation sites excluding steroid dienone is 2. The zero-order valence-electron chi connectivity index (χ0n) is 16.1. The van der Waals surface area contributed by atoms with Gasteiger partial charge in [0, 0.05) is 12.0 Å². The minimum absolute atomic E-state index is 0.181. The maximum absolute atomic E-state index is 11.7. The number of carbonyl (C=O) groups excluding carboxylic acids is 2. The Labute approximate surface area is 147 Å². The molecule has 1 N–H and O–H groups in total. The van der Waals surface area contributed by atoms with Crippen LogP contribution in [0.1, 0.15) is 70.3 Å². The number of amides is 2. The molecule has 1 aliphatic rings. The highest BCUT2D eigenvalue weighted by Gasteiger charge is 2.30. The molecule has 1 aliphatic heterocycles. The van der Waals surface area contributed by atoms with Crippen molar-refractivity contribution >= 4 is 11.8 Å². The Bertz CT molecular complexity index is 509. The molecule has 0 radical (unpaired) electrons. The SMILES string of the molecule is C=CC=C.CC.CC.CCc1c(C2CCC(=O)NC2=O)coc1C. The molecular formula is C20H33NO3. The van der Waals surface area contributed by atoms with Crippen LogP contribution in [0.2, 0.25) is 0 Å². The van der Waals surface area contributed by atoms with Gasteiger partial charge in [0.2, 0.25) is 11.8 Å². The predicted octanol–water partition coefficient (Wildman–Crippen LogP) is 5.08. The van der Waals surface area contributed by atoms with Gasteiger partial charge in [0.25, 0.3) is 0 Å². The fourth-order valence-corrected chi connectivity index (χ4v) is 2.23. The molecule has 2 rings (SSSR count). The Morgan fingerprint density at radius 2 is 1.75 bits per heavy atom. The quantitative estimate of drug-likeness (QED) is 0.619. The van der Waals surface area contributed by atoms with Crippen molar-refractivity contribution in [2.45, 2.75) is 66.7 Å². The van der Waals surface area contributed by atoms with Crippen LogP contribution in [-0.2, 0) is 16.0 Å². The van der Waals surface area contributed by atoms with Crippen LogP contribution >= 0.6 is 0 Å². The van der Waals surface area contributed by atoms with Gasteiger partial charge < -0.3 is 4.42 Å². The first kappa shape index (κ1) is 24.2. The van der Waals surface area contributed by atoms with Crippen molar-refractivity contribution in [3.05, 3.63) is 48.5 Å². The molecule has 0 bridgehead atoms. The maximum Gasteiger partial charge on any atom is 0.234 e. The molecule has 1 saturated heterocycles. The molecule has 1 unspecified atom stereocenters. The Hall–Kier alpha value is -2.10. The predicted molar refractivity (Wildman–Crippen MR) is 101 cm³/mol. The first-order valence-corrected chi connectivity index (χ1v) is 8.69. The van der Waals surface area contributed by atoms with Crippen molar-refractivity contribution in [1.29, 1.82) is 0 Å². The van der Waals surface area contributed by atoms with Crippen molar-refractivity contribution in [2.24, 2.45) is 0 Å². The minimum atomic E-state index is -0.231. The van der Waals surface area contributed by atoms with Crippen LogP contribution in [0.3, 0.4) is 0 Å². The lowest BCUT2D eigenvalue weighted by Crippen LogP contribution is -2.39. The van der Waals surface area contributed by atoms with Crippen LogP contribution in [0.15, 0.2) is 36.0 Å². The number of imide groups is 1. The molecule has 24 heavy (non-hydrogen) atoms. The van der Waals surface area contributed by atoms with Gasteiger partial charge in [-0.3, -0.25) is 14.9 Å². The van der Waals surface area contributed by atoms with Crippen LogP contribution in [0.4, 0.5) is 0 Å². The van der Waals surface area contributed by atoms with Crippen molar-refractivity contribution < 1.29 is 14.0 Å². The van der Waals surface area contributed by atoms with Crippen molar-refractivity contribution in [3.8, 4) is 0 Å². The van der Waals surface area contributed by atoms with Gasteiger partial charge in [0.1, 0.15) is 5.76 Å². The maximum atomic E-state index is 11.7. The molecule has 136 valence electrons. The van der Waals surface area contributed by atoms with E-state index in [1.165, 1.54) is 0 Å². The van der Waals surface area contributed by atoms with Gasteiger partial charge in [-0.2, -0.15) is 0 Å². The summed E-state index contributed by atoms with van der Waals surface area (Å²) in [6.45, 7) is 18.7. The minimum Gasteiger partial charge on any atom is -0.469 e. The van der Waals surface area contributed by atoms with Crippen LogP contribution < -0.4 is 5.32 Å². The lowest BCUT2D eigenvalue weighted by Gasteiger charge is -2.20. The van der Waals surface area contributed by atoms with E-state index in [1.54, 1.807) is 18.4 Å². The normalized spacial score (nSPS) is 15.3. The van der Waals surface area contributed by atoms with Crippen LogP contribution in [0.25, 0.3) is 0 Å². The van der Waals surface area contributed by atoms with E-state index < -0.39 is 0 Å². The summed E-state index contributed by atoms with van der Waals surface area (Å²) in [4.78, 5) is 22.8. The molecule has 1 aromatic heterocycles. The molecular weight excluding hydrogens is 302 g/mol. The smallest absolute Gasteiger partial charge is 0.234 e. The van der Waals surface area contributed by atoms with E-state index in [-0.39, 0.29) is 17.7 Å². The molecule has 2 heterocycles. The number of nitrogens with one attached hydrogen (secondary N) is 1. The van der Waals surface area contributed by atoms with E-state index in [9.17, 15) is 9.59 Å². The molecule has 0 aliphatic carbocycles. The monoisotopic (exact) mass is 335 g/mol. The van der Waals surface area contributed by atoms with Crippen LogP contribution in [0.5, 0.6) is 0 Å². The zero-order chi connectivity index (χ0) is 19.1. The Morgan fingerprint density at radius 1 is 1.21 bits per heavy atom. The largest absolute Gasteiger partial charge is 0.469 e. The summed E-state index contributed by atoms with van der Waals surface area (Å²) in [5, 5.41) is 2.37. The van der Waals surface area contributed by atoms with Gasteiger partial charge in [0.05, 0.1) is 12.2 Å². The molecule has 1 aromatic rings. The molecule has 0 aromatic carbocycles. The zero-order valence-corrected chi connectivity index (χ0v) is 16.1. The highest BCUT2D eigenvalue weighted by molar-refractivity contribution is 6.01. The van der Waals surface area contributed by atoms with Gasteiger partial charge in [-0.1, -0.05) is 59.9 Å². The number of piperidine rings is 1. The summed E-state index contributed by atoms with van der Waals surface area (Å²) in [6, 6.07) is 0. The number of rotatable bonds is 3. The van der Waals surface area contributed by atoms with Crippen molar-refractivity contribution in [3.63, 3.8) is 0 Å². The lowest BCUT2D eigenvalue weighted by atomic mass is 9.88. The van der Waals surface area contributed by atoms with Gasteiger partial charge in [-0.15, -0.1) is 0 Å². The third-order valence-electron chi connectivity index (χ3n) is 3.27. The summed E-state index contributed by atoms with van der Waals surface area (Å²) in [6.07, 6.45) is 6.75. The van der Waals surface area contributed by atoms with Crippen molar-refractivity contribution in [1.82, 2.24) is 5.32 Å². The number of aryl methyl sites for hydroxylation is 1. The third-order valence-corrected chi connectivity index (χ3v) is 3.27. The summed E-state index contributed by atoms with van der Waals surface area (Å²) >= 11 is 0. The first-order valence-electron chi connectivity index (χ1n) is 8.69. The van der Waals surface area contributed by atoms with Crippen molar-refractivity contribution in [2.75, 3.05) is 0 Å². The molecule has 4 nitrogen and oxygen atoms in total. The van der Waals surface area contributed by atoms with E-state index >= 15 is 0 Å². The third kappa shape index (κ3) is 7.44. The molecule has 1 fully saturated rings. The van der Waals surface area contributed by atoms with Crippen LogP contribution in [0, 0.1) is 6.92 Å². The Morgan fingerprint density at radius 3 is 2.17 bits per heavy atom. The molecule has 4 heteroatoms. The summed E-state index contributed by atoms with van der Waals surface area (Å²) in [5.41, 5.74) is 2.03. The van der Waals surface area contributed by atoms with Gasteiger partial charge in [0.15, 0.2) is 0 Å². The van der Waals surface area contributed by atoms with E-state index in [2.05, 4.69) is 18.5 Å². The van der Waals surface area contributed by atoms with Gasteiger partial charge in [-0.25, -0.2) is 0 Å². The summed E-state index contributed by atoms with van der Waals surface area (Å²) < 4.78 is 5.35. The highest BCUT2D eigenvalue weighted by Crippen LogP contribution is 2.30. The van der Waals surface area contributed by atoms with E-state index in [1.807, 2.05) is 41.5 Å². The molecule has 0 spiro atoms. The number of furan rings is 1. The highest BCUT2D eigenvalue weighted by atomic mass is 16.3. The summed E-state index contributed by atoms with van der Waals surface area (Å²) in [7, 11) is 0.